The number of aromatic nitrogens is 1. The maximum absolute atomic E-state index is 14.4. The fraction of sp³-hybridized carbons (Fsp3) is 0.756. The Morgan fingerprint density at radius 2 is 1.63 bits per heavy atom. The zero-order valence-electron chi connectivity index (χ0n) is 36.4. The third kappa shape index (κ3) is 10.7. The number of esters is 1. The number of hydrogen-bond donors (Lipinski definition) is 4. The molecule has 4 N–H and O–H groups in total. The van der Waals surface area contributed by atoms with Crippen LogP contribution in [-0.2, 0) is 51.0 Å². The molecule has 2 saturated heterocycles. The second-order valence-corrected chi connectivity index (χ2v) is 17.8. The van der Waals surface area contributed by atoms with Crippen molar-refractivity contribution < 1.29 is 58.5 Å². The van der Waals surface area contributed by atoms with Crippen LogP contribution in [0.4, 0.5) is 0 Å². The zero-order chi connectivity index (χ0) is 43.2. The Hall–Kier alpha value is -2.95. The molecule has 0 spiro atoms. The lowest BCUT2D eigenvalue weighted by Crippen LogP contribution is -2.64. The van der Waals surface area contributed by atoms with E-state index in [9.17, 15) is 34.8 Å². The van der Waals surface area contributed by atoms with Crippen molar-refractivity contribution in [2.75, 3.05) is 34.5 Å². The Morgan fingerprint density at radius 3 is 2.31 bits per heavy atom. The summed E-state index contributed by atoms with van der Waals surface area (Å²) in [6.45, 7) is 9.81. The van der Waals surface area contributed by atoms with E-state index >= 15 is 0 Å². The van der Waals surface area contributed by atoms with E-state index in [2.05, 4.69) is 13.0 Å². The molecular weight excluding hydrogens is 760 g/mol. The Morgan fingerprint density at radius 1 is 0.932 bits per heavy atom. The summed E-state index contributed by atoms with van der Waals surface area (Å²) >= 11 is 0. The van der Waals surface area contributed by atoms with Crippen LogP contribution in [0.2, 0.25) is 0 Å². The van der Waals surface area contributed by atoms with Gasteiger partial charge in [-0.05, 0) is 101 Å². The highest BCUT2D eigenvalue weighted by Crippen LogP contribution is 2.39. The smallest absolute Gasteiger partial charge is 0.329 e. The number of aliphatic hydroxyl groups is 4. The molecule has 2 bridgehead atoms. The summed E-state index contributed by atoms with van der Waals surface area (Å²) in [5, 5.41) is 44.6. The quantitative estimate of drug-likeness (QED) is 0.176. The molecule has 0 aromatic carbocycles. The van der Waals surface area contributed by atoms with E-state index in [1.807, 2.05) is 43.7 Å². The van der Waals surface area contributed by atoms with Crippen molar-refractivity contribution in [2.45, 2.75) is 160 Å². The highest BCUT2D eigenvalue weighted by molar-refractivity contribution is 6.39. The molecule has 59 heavy (non-hydrogen) atoms. The number of allylic oxidation sites excluding steroid dienone is 2. The van der Waals surface area contributed by atoms with E-state index in [4.69, 9.17) is 23.7 Å². The Bertz CT molecular complexity index is 1660. The number of ether oxygens (including phenoxy) is 5. The number of hydrogen-bond acceptors (Lipinski definition) is 12. The largest absolute Gasteiger partial charge is 0.456 e. The van der Waals surface area contributed by atoms with Crippen molar-refractivity contribution in [3.63, 3.8) is 0 Å². The number of fused-ring (bicyclic) bond motifs is 4. The Kier molecular flexibility index (Phi) is 16.6. The highest BCUT2D eigenvalue weighted by Gasteiger charge is 2.56. The van der Waals surface area contributed by atoms with Gasteiger partial charge in [0.05, 0.1) is 37.1 Å². The van der Waals surface area contributed by atoms with Gasteiger partial charge in [0.25, 0.3) is 11.7 Å². The van der Waals surface area contributed by atoms with Crippen LogP contribution in [0.25, 0.3) is 6.08 Å². The number of nitrogens with zero attached hydrogens (tertiary/aromatic N) is 2. The van der Waals surface area contributed by atoms with Crippen molar-refractivity contribution in [1.82, 2.24) is 9.47 Å². The maximum Gasteiger partial charge on any atom is 0.329 e. The number of carbonyl (C=O) groups is 3. The monoisotopic (exact) mass is 830 g/mol. The molecule has 332 valence electrons. The third-order valence-corrected chi connectivity index (χ3v) is 13.4. The Labute approximate surface area is 349 Å². The van der Waals surface area contributed by atoms with Crippen LogP contribution in [0.1, 0.15) is 104 Å². The normalized spacial score (nSPS) is 37.5. The minimum absolute atomic E-state index is 0.0169. The average Bonchev–Trinajstić information content (AvgIpc) is 3.58. The number of methoxy groups -OCH3 is 3. The summed E-state index contributed by atoms with van der Waals surface area (Å²) in [6, 6.07) is 0.860. The minimum atomic E-state index is -2.50. The molecule has 3 aliphatic heterocycles. The fourth-order valence-electron chi connectivity index (χ4n) is 9.91. The number of rotatable bonds is 7. The van der Waals surface area contributed by atoms with Crippen LogP contribution in [0, 0.1) is 23.7 Å². The molecule has 1 amide bonds. The van der Waals surface area contributed by atoms with Crippen LogP contribution in [-0.4, -0.2) is 137 Å². The van der Waals surface area contributed by atoms with E-state index < -0.39 is 77.9 Å². The van der Waals surface area contributed by atoms with E-state index in [0.29, 0.717) is 57.1 Å². The SMILES string of the molecule is COC1CC(C=C(C)C2OC(=O)C3CCCCN3C(=O)C(=O)C3(O)OC(C(OC)CC(C)CC(C)=Cc4ccn(CCO)c4CC(O)C2C)C(OC)CC3C)CCC1O. The van der Waals surface area contributed by atoms with Gasteiger partial charge in [0.1, 0.15) is 18.2 Å². The van der Waals surface area contributed by atoms with Gasteiger partial charge in [-0.2, -0.15) is 0 Å². The number of amides is 1. The number of Topliss-reactive ketones (excluding diaryl/α,β-unsaturated/α-hetero) is 1. The maximum atomic E-state index is 14.4. The number of piperidine rings is 1. The van der Waals surface area contributed by atoms with Crippen LogP contribution in [0.15, 0.2) is 29.5 Å². The zero-order valence-corrected chi connectivity index (χ0v) is 36.4. The molecule has 3 fully saturated rings. The first kappa shape index (κ1) is 47.1. The lowest BCUT2D eigenvalue weighted by atomic mass is 9.82. The summed E-state index contributed by atoms with van der Waals surface area (Å²) < 4.78 is 32.0. The summed E-state index contributed by atoms with van der Waals surface area (Å²) in [6.07, 6.45) is 6.00. The van der Waals surface area contributed by atoms with Gasteiger partial charge in [-0.25, -0.2) is 4.79 Å². The summed E-state index contributed by atoms with van der Waals surface area (Å²) in [4.78, 5) is 44.2. The van der Waals surface area contributed by atoms with Crippen molar-refractivity contribution in [1.29, 1.82) is 0 Å². The molecule has 13 unspecified atom stereocenters. The van der Waals surface area contributed by atoms with Gasteiger partial charge >= 0.3 is 5.97 Å². The number of carbonyl (C=O) groups excluding carboxylic acids is 3. The molecule has 14 nitrogen and oxygen atoms in total. The molecular formula is C45H70N2O12. The average molecular weight is 831 g/mol. The molecule has 1 aromatic heterocycles. The van der Waals surface area contributed by atoms with E-state index in [1.165, 1.54) is 4.90 Å². The van der Waals surface area contributed by atoms with Gasteiger partial charge in [-0.15, -0.1) is 0 Å². The molecule has 1 aliphatic carbocycles. The van der Waals surface area contributed by atoms with Gasteiger partial charge in [-0.1, -0.05) is 38.5 Å². The molecule has 14 heteroatoms. The summed E-state index contributed by atoms with van der Waals surface area (Å²) in [5.41, 5.74) is 3.51. The fourth-order valence-corrected chi connectivity index (χ4v) is 9.91. The van der Waals surface area contributed by atoms with Crippen molar-refractivity contribution in [2.24, 2.45) is 23.7 Å². The van der Waals surface area contributed by atoms with Crippen molar-refractivity contribution >= 4 is 23.7 Å². The third-order valence-electron chi connectivity index (χ3n) is 13.4. The van der Waals surface area contributed by atoms with E-state index in [1.54, 1.807) is 28.3 Å². The molecule has 1 saturated carbocycles. The predicted molar refractivity (Wildman–Crippen MR) is 220 cm³/mol. The van der Waals surface area contributed by atoms with Crippen LogP contribution in [0.5, 0.6) is 0 Å². The summed E-state index contributed by atoms with van der Waals surface area (Å²) in [7, 11) is 4.67. The Balaban J connectivity index is 1.58. The van der Waals surface area contributed by atoms with Crippen LogP contribution < -0.4 is 0 Å². The molecule has 4 heterocycles. The van der Waals surface area contributed by atoms with E-state index in [0.717, 1.165) is 16.8 Å². The first-order valence-corrected chi connectivity index (χ1v) is 21.6. The lowest BCUT2D eigenvalue weighted by Gasteiger charge is -2.47. The standard InChI is InChI=1S/C45H70N2O12/c1-26-19-27(2)21-38(56-7)41-39(57-8)23-29(4)45(54,59-41)42(51)43(52)47-15-10-9-11-33(47)44(53)58-40(28(3)22-31-12-13-35(49)37(24-31)55-6)30(5)36(50)25-34-32(20-26)14-16-46(34)17-18-48/h14,16,20,22,27,29-31,33,35-41,48-50,54H,9-13,15,17-19,21,23-25H2,1-8H3. The molecule has 0 radical (unpaired) electrons. The van der Waals surface area contributed by atoms with Gasteiger partial charge in [0, 0.05) is 64.6 Å². The second-order valence-electron chi connectivity index (χ2n) is 17.8. The van der Waals surface area contributed by atoms with Gasteiger partial charge < -0.3 is 53.6 Å². The molecule has 1 aromatic rings. The number of aliphatic hydroxyl groups excluding tert-OH is 3. The first-order valence-electron chi connectivity index (χ1n) is 21.6. The van der Waals surface area contributed by atoms with Gasteiger partial charge in [0.15, 0.2) is 0 Å². The topological polar surface area (TPSA) is 186 Å². The number of ketones is 1. The van der Waals surface area contributed by atoms with Crippen LogP contribution >= 0.6 is 0 Å². The number of cyclic esters (lactones) is 1. The van der Waals surface area contributed by atoms with E-state index in [-0.39, 0.29) is 50.4 Å². The molecule has 4 aliphatic rings. The predicted octanol–water partition coefficient (Wildman–Crippen LogP) is 3.98. The minimum Gasteiger partial charge on any atom is -0.456 e. The first-order chi connectivity index (χ1) is 28.1. The van der Waals surface area contributed by atoms with Crippen molar-refractivity contribution in [3.8, 4) is 0 Å². The molecule has 5 rings (SSSR count). The van der Waals surface area contributed by atoms with Crippen LogP contribution in [0.3, 0.4) is 0 Å². The van der Waals surface area contributed by atoms with Gasteiger partial charge in [-0.3, -0.25) is 9.59 Å². The van der Waals surface area contributed by atoms with Gasteiger partial charge in [0.2, 0.25) is 5.79 Å². The van der Waals surface area contributed by atoms with Crippen molar-refractivity contribution in [3.05, 3.63) is 40.7 Å². The second kappa shape index (κ2) is 20.7. The highest BCUT2D eigenvalue weighted by atomic mass is 16.7. The molecule has 13 atom stereocenters. The lowest BCUT2D eigenvalue weighted by molar-refractivity contribution is -0.302. The summed E-state index contributed by atoms with van der Waals surface area (Å²) in [5.74, 6) is -6.75.